The normalized spacial score (nSPS) is 10.6. The Hall–Kier alpha value is -4.41. The van der Waals surface area contributed by atoms with Crippen molar-refractivity contribution in [1.82, 2.24) is 29.9 Å². The third-order valence-corrected chi connectivity index (χ3v) is 4.27. The Bertz CT molecular complexity index is 1210. The molecule has 0 saturated carbocycles. The van der Waals surface area contributed by atoms with Gasteiger partial charge in [-0.1, -0.05) is 12.1 Å². The molecule has 0 bridgehead atoms. The number of aromatic nitrogens is 6. The molecule has 0 atom stereocenters. The molecule has 1 aromatic carbocycles. The van der Waals surface area contributed by atoms with Crippen LogP contribution in [0.15, 0.2) is 54.9 Å². The van der Waals surface area contributed by atoms with Gasteiger partial charge in [0.05, 0.1) is 17.1 Å². The molecule has 3 aromatic heterocycles. The van der Waals surface area contributed by atoms with E-state index in [9.17, 15) is 9.18 Å². The number of rotatable bonds is 7. The number of ether oxygens (including phenoxy) is 2. The van der Waals surface area contributed by atoms with Crippen molar-refractivity contribution in [1.29, 1.82) is 0 Å². The number of amides is 1. The van der Waals surface area contributed by atoms with Crippen LogP contribution in [-0.2, 0) is 4.79 Å². The van der Waals surface area contributed by atoms with E-state index in [1.807, 2.05) is 0 Å². The molecule has 1 N–H and O–H groups in total. The Morgan fingerprint density at radius 1 is 1.06 bits per heavy atom. The average Bonchev–Trinajstić information content (AvgIpc) is 3.32. The van der Waals surface area contributed by atoms with E-state index in [4.69, 9.17) is 9.47 Å². The second kappa shape index (κ2) is 9.16. The number of carbonyl (C=O) groups excluding carboxylic acids is 1. The van der Waals surface area contributed by atoms with Crippen molar-refractivity contribution < 1.29 is 18.7 Å². The van der Waals surface area contributed by atoms with Gasteiger partial charge in [0.1, 0.15) is 0 Å². The van der Waals surface area contributed by atoms with Gasteiger partial charge in [-0.15, -0.1) is 10.2 Å². The zero-order valence-electron chi connectivity index (χ0n) is 17.2. The smallest absolute Gasteiger partial charge is 0.322 e. The zero-order chi connectivity index (χ0) is 22.5. The highest BCUT2D eigenvalue weighted by molar-refractivity contribution is 5.92. The van der Waals surface area contributed by atoms with Crippen molar-refractivity contribution in [2.24, 2.45) is 0 Å². The largest absolute Gasteiger partial charge is 0.466 e. The lowest BCUT2D eigenvalue weighted by Crippen LogP contribution is -2.22. The average molecular weight is 435 g/mol. The summed E-state index contributed by atoms with van der Waals surface area (Å²) in [7, 11) is 0. The number of hydrogen-bond acceptors (Lipinski definition) is 8. The van der Waals surface area contributed by atoms with Crippen molar-refractivity contribution >= 4 is 11.6 Å². The summed E-state index contributed by atoms with van der Waals surface area (Å²) < 4.78 is 26.1. The van der Waals surface area contributed by atoms with Gasteiger partial charge in [0.2, 0.25) is 5.88 Å². The molecule has 0 aliphatic heterocycles. The monoisotopic (exact) mass is 435 g/mol. The van der Waals surface area contributed by atoms with Crippen molar-refractivity contribution in [2.45, 2.75) is 13.8 Å². The SMILES string of the molecule is Cc1nc(Oc2ccccc2F)nc(C)c1NC(=O)COc1ccc(-n2cccn2)nn1. The number of halogens is 1. The Balaban J connectivity index is 1.37. The van der Waals surface area contributed by atoms with Crippen LogP contribution in [0.2, 0.25) is 0 Å². The van der Waals surface area contributed by atoms with Crippen LogP contribution in [0.3, 0.4) is 0 Å². The second-order valence-electron chi connectivity index (χ2n) is 6.60. The lowest BCUT2D eigenvalue weighted by molar-refractivity contribution is -0.118. The van der Waals surface area contributed by atoms with Crippen molar-refractivity contribution in [3.63, 3.8) is 0 Å². The fourth-order valence-electron chi connectivity index (χ4n) is 2.77. The van der Waals surface area contributed by atoms with Crippen LogP contribution in [0, 0.1) is 19.7 Å². The van der Waals surface area contributed by atoms with E-state index >= 15 is 0 Å². The molecular formula is C21H18FN7O3. The standard InChI is InChI=1S/C21H18FN7O3/c1-13-20(14(2)25-21(24-13)32-16-7-4-3-6-15(16)22)26-18(30)12-31-19-9-8-17(27-28-19)29-11-5-10-23-29/h3-11H,12H2,1-2H3,(H,26,30). The molecule has 4 aromatic rings. The van der Waals surface area contributed by atoms with Crippen LogP contribution >= 0.6 is 0 Å². The van der Waals surface area contributed by atoms with Crippen molar-refractivity contribution in [2.75, 3.05) is 11.9 Å². The van der Waals surface area contributed by atoms with E-state index in [2.05, 4.69) is 30.6 Å². The summed E-state index contributed by atoms with van der Waals surface area (Å²) in [5, 5.41) is 14.7. The van der Waals surface area contributed by atoms with Crippen LogP contribution in [0.4, 0.5) is 10.1 Å². The fraction of sp³-hybridized carbons (Fsp3) is 0.143. The highest BCUT2D eigenvalue weighted by Gasteiger charge is 2.15. The minimum atomic E-state index is -0.526. The van der Waals surface area contributed by atoms with E-state index in [1.54, 1.807) is 61.3 Å². The van der Waals surface area contributed by atoms with E-state index in [-0.39, 0.29) is 24.2 Å². The van der Waals surface area contributed by atoms with Gasteiger partial charge in [-0.3, -0.25) is 4.79 Å². The first-order valence-corrected chi connectivity index (χ1v) is 9.53. The van der Waals surface area contributed by atoms with E-state index in [1.165, 1.54) is 12.1 Å². The summed E-state index contributed by atoms with van der Waals surface area (Å²) in [6, 6.07) is 11.0. The predicted octanol–water partition coefficient (Wildman–Crippen LogP) is 3.02. The third kappa shape index (κ3) is 4.83. The molecule has 162 valence electrons. The predicted molar refractivity (Wildman–Crippen MR) is 111 cm³/mol. The molecule has 3 heterocycles. The molecule has 0 aliphatic rings. The molecule has 32 heavy (non-hydrogen) atoms. The molecular weight excluding hydrogens is 417 g/mol. The number of aryl methyl sites for hydroxylation is 2. The lowest BCUT2D eigenvalue weighted by Gasteiger charge is -2.13. The molecule has 0 fully saturated rings. The number of anilines is 1. The van der Waals surface area contributed by atoms with Crippen LogP contribution in [0.5, 0.6) is 17.6 Å². The summed E-state index contributed by atoms with van der Waals surface area (Å²) in [4.78, 5) is 20.7. The molecule has 0 aliphatic carbocycles. The summed E-state index contributed by atoms with van der Waals surface area (Å²) >= 11 is 0. The van der Waals surface area contributed by atoms with E-state index in [0.29, 0.717) is 22.9 Å². The summed E-state index contributed by atoms with van der Waals surface area (Å²) in [5.41, 5.74) is 1.33. The summed E-state index contributed by atoms with van der Waals surface area (Å²) in [6.07, 6.45) is 3.36. The Kier molecular flexibility index (Phi) is 5.97. The minimum absolute atomic E-state index is 0.0103. The molecule has 10 nitrogen and oxygen atoms in total. The van der Waals surface area contributed by atoms with Gasteiger partial charge in [-0.2, -0.15) is 15.1 Å². The van der Waals surface area contributed by atoms with Crippen LogP contribution in [0.25, 0.3) is 5.82 Å². The summed E-state index contributed by atoms with van der Waals surface area (Å²) in [6.45, 7) is 3.07. The first-order chi connectivity index (χ1) is 15.5. The number of hydrogen-bond donors (Lipinski definition) is 1. The van der Waals surface area contributed by atoms with Crippen molar-refractivity contribution in [3.05, 3.63) is 72.1 Å². The Morgan fingerprint density at radius 2 is 1.84 bits per heavy atom. The van der Waals surface area contributed by atoms with Gasteiger partial charge in [-0.25, -0.2) is 9.07 Å². The quantitative estimate of drug-likeness (QED) is 0.471. The minimum Gasteiger partial charge on any atom is -0.466 e. The van der Waals surface area contributed by atoms with E-state index in [0.717, 1.165) is 0 Å². The van der Waals surface area contributed by atoms with Gasteiger partial charge in [0.15, 0.2) is 24.0 Å². The molecule has 4 rings (SSSR count). The topological polar surface area (TPSA) is 117 Å². The van der Waals surface area contributed by atoms with Gasteiger partial charge >= 0.3 is 6.01 Å². The van der Waals surface area contributed by atoms with Gasteiger partial charge in [0.25, 0.3) is 5.91 Å². The number of carbonyl (C=O) groups is 1. The Morgan fingerprint density at radius 3 is 2.50 bits per heavy atom. The molecule has 0 radical (unpaired) electrons. The molecule has 11 heteroatoms. The first-order valence-electron chi connectivity index (χ1n) is 9.53. The molecule has 1 amide bonds. The number of nitrogens with zero attached hydrogens (tertiary/aromatic N) is 6. The number of para-hydroxylation sites is 1. The number of benzene rings is 1. The number of nitrogens with one attached hydrogen (secondary N) is 1. The fourth-order valence-corrected chi connectivity index (χ4v) is 2.77. The van der Waals surface area contributed by atoms with Crippen LogP contribution in [-0.4, -0.2) is 42.5 Å². The van der Waals surface area contributed by atoms with E-state index < -0.39 is 11.7 Å². The highest BCUT2D eigenvalue weighted by Crippen LogP contribution is 2.25. The molecule has 0 spiro atoms. The first kappa shape index (κ1) is 20.8. The molecule has 0 unspecified atom stereocenters. The maximum Gasteiger partial charge on any atom is 0.322 e. The van der Waals surface area contributed by atoms with Gasteiger partial charge in [-0.05, 0) is 38.1 Å². The lowest BCUT2D eigenvalue weighted by atomic mass is 10.3. The van der Waals surface area contributed by atoms with Gasteiger partial charge < -0.3 is 14.8 Å². The van der Waals surface area contributed by atoms with Gasteiger partial charge in [0, 0.05) is 18.5 Å². The maximum absolute atomic E-state index is 13.8. The second-order valence-corrected chi connectivity index (χ2v) is 6.60. The molecule has 0 saturated heterocycles. The zero-order valence-corrected chi connectivity index (χ0v) is 17.2. The third-order valence-electron chi connectivity index (χ3n) is 4.27. The summed E-state index contributed by atoms with van der Waals surface area (Å²) in [5.74, 6) is -0.235. The Labute approximate surface area is 182 Å². The van der Waals surface area contributed by atoms with Crippen LogP contribution < -0.4 is 14.8 Å². The highest BCUT2D eigenvalue weighted by atomic mass is 19.1. The van der Waals surface area contributed by atoms with Crippen molar-refractivity contribution in [3.8, 4) is 23.5 Å². The van der Waals surface area contributed by atoms with Crippen LogP contribution in [0.1, 0.15) is 11.4 Å². The maximum atomic E-state index is 13.8.